The highest BCUT2D eigenvalue weighted by Crippen LogP contribution is 2.13. The Bertz CT molecular complexity index is 638. The molecule has 0 amide bonds. The molecule has 1 N–H and O–H groups in total. The minimum Gasteiger partial charge on any atom is -0.307 e. The normalized spacial score (nSPS) is 10.4. The zero-order valence-electron chi connectivity index (χ0n) is 8.91. The highest BCUT2D eigenvalue weighted by molar-refractivity contribution is 5.75. The van der Waals surface area contributed by atoms with Gasteiger partial charge in [0.15, 0.2) is 5.82 Å². The molecule has 17 heavy (non-hydrogen) atoms. The van der Waals surface area contributed by atoms with Crippen molar-refractivity contribution in [3.63, 3.8) is 0 Å². The number of hydrogen-bond donors (Lipinski definition) is 1. The molecule has 0 spiro atoms. The third kappa shape index (κ3) is 2.03. The molecule has 0 saturated heterocycles. The molecule has 0 aliphatic rings. The molecule has 3 aromatic rings. The first kappa shape index (κ1) is 9.65. The van der Waals surface area contributed by atoms with Crippen LogP contribution in [-0.4, -0.2) is 19.9 Å². The second-order valence-corrected chi connectivity index (χ2v) is 3.44. The average Bonchev–Trinajstić information content (AvgIpc) is 2.40. The summed E-state index contributed by atoms with van der Waals surface area (Å²) in [6, 6.07) is 9.46. The van der Waals surface area contributed by atoms with Gasteiger partial charge in [0.1, 0.15) is 0 Å². The smallest absolute Gasteiger partial charge is 0.228 e. The van der Waals surface area contributed by atoms with Gasteiger partial charge in [0.25, 0.3) is 0 Å². The summed E-state index contributed by atoms with van der Waals surface area (Å²) in [7, 11) is 0. The van der Waals surface area contributed by atoms with Gasteiger partial charge in [0, 0.05) is 12.4 Å². The first-order valence-corrected chi connectivity index (χ1v) is 5.18. The molecule has 82 valence electrons. The Balaban J connectivity index is 1.96. The predicted octanol–water partition coefficient (Wildman–Crippen LogP) is 2.16. The lowest BCUT2D eigenvalue weighted by molar-refractivity contribution is 1.15. The van der Waals surface area contributed by atoms with Gasteiger partial charge in [-0.1, -0.05) is 12.1 Å². The molecule has 0 radical (unpaired) electrons. The highest BCUT2D eigenvalue weighted by atomic mass is 15.1. The summed E-state index contributed by atoms with van der Waals surface area (Å²) in [4.78, 5) is 16.8. The van der Waals surface area contributed by atoms with Crippen molar-refractivity contribution in [3.8, 4) is 0 Å². The summed E-state index contributed by atoms with van der Waals surface area (Å²) < 4.78 is 0. The molecule has 5 heteroatoms. The quantitative estimate of drug-likeness (QED) is 0.721. The van der Waals surface area contributed by atoms with Crippen LogP contribution in [0.5, 0.6) is 0 Å². The van der Waals surface area contributed by atoms with Gasteiger partial charge in [0.05, 0.1) is 17.2 Å². The molecule has 1 aromatic carbocycles. The van der Waals surface area contributed by atoms with E-state index in [2.05, 4.69) is 25.3 Å². The Labute approximate surface area is 97.6 Å². The molecule has 5 nitrogen and oxygen atoms in total. The molecule has 2 aromatic heterocycles. The van der Waals surface area contributed by atoms with Crippen molar-refractivity contribution in [1.29, 1.82) is 0 Å². The molecule has 2 heterocycles. The lowest BCUT2D eigenvalue weighted by Crippen LogP contribution is -1.98. The van der Waals surface area contributed by atoms with Gasteiger partial charge >= 0.3 is 0 Å². The lowest BCUT2D eigenvalue weighted by atomic mass is 10.3. The van der Waals surface area contributed by atoms with E-state index in [1.165, 1.54) is 0 Å². The van der Waals surface area contributed by atoms with Crippen LogP contribution in [0.1, 0.15) is 0 Å². The van der Waals surface area contributed by atoms with E-state index in [0.29, 0.717) is 11.8 Å². The zero-order valence-corrected chi connectivity index (χ0v) is 8.91. The van der Waals surface area contributed by atoms with Crippen LogP contribution < -0.4 is 5.32 Å². The molecule has 0 atom stereocenters. The van der Waals surface area contributed by atoms with E-state index < -0.39 is 0 Å². The number of nitrogens with one attached hydrogen (secondary N) is 1. The largest absolute Gasteiger partial charge is 0.307 e. The van der Waals surface area contributed by atoms with Crippen LogP contribution >= 0.6 is 0 Å². The van der Waals surface area contributed by atoms with E-state index in [9.17, 15) is 0 Å². The standard InChI is InChI=1S/C12H9N5/c1-2-5-10-9(4-1)15-8-11(16-10)17-12-13-6-3-7-14-12/h1-8H,(H,13,14,16,17). The maximum Gasteiger partial charge on any atom is 0.228 e. The Hall–Kier alpha value is -2.56. The van der Waals surface area contributed by atoms with E-state index >= 15 is 0 Å². The molecule has 0 aliphatic heterocycles. The van der Waals surface area contributed by atoms with Crippen molar-refractivity contribution in [2.45, 2.75) is 0 Å². The molecule has 0 saturated carbocycles. The Kier molecular flexibility index (Phi) is 2.34. The Morgan fingerprint density at radius 2 is 1.59 bits per heavy atom. The fourth-order valence-electron chi connectivity index (χ4n) is 1.50. The van der Waals surface area contributed by atoms with E-state index in [4.69, 9.17) is 0 Å². The molecular formula is C12H9N5. The molecule has 0 bridgehead atoms. The second-order valence-electron chi connectivity index (χ2n) is 3.44. The van der Waals surface area contributed by atoms with Gasteiger partial charge in [-0.2, -0.15) is 0 Å². The average molecular weight is 223 g/mol. The van der Waals surface area contributed by atoms with Crippen LogP contribution in [0.15, 0.2) is 48.9 Å². The molecule has 0 unspecified atom stereocenters. The molecule has 0 fully saturated rings. The SMILES string of the molecule is c1cnc(Nc2cnc3ccccc3n2)nc1. The van der Waals surface area contributed by atoms with Crippen LogP contribution in [0.4, 0.5) is 11.8 Å². The molecule has 0 aliphatic carbocycles. The lowest BCUT2D eigenvalue weighted by Gasteiger charge is -2.03. The van der Waals surface area contributed by atoms with E-state index in [-0.39, 0.29) is 0 Å². The predicted molar refractivity (Wildman–Crippen MR) is 64.9 cm³/mol. The maximum atomic E-state index is 4.42. The van der Waals surface area contributed by atoms with E-state index in [1.54, 1.807) is 24.7 Å². The number of benzene rings is 1. The first-order chi connectivity index (χ1) is 8.42. The van der Waals surface area contributed by atoms with Gasteiger partial charge in [-0.15, -0.1) is 0 Å². The van der Waals surface area contributed by atoms with Crippen LogP contribution in [0.2, 0.25) is 0 Å². The molecular weight excluding hydrogens is 214 g/mol. The number of fused-ring (bicyclic) bond motifs is 1. The van der Waals surface area contributed by atoms with Crippen LogP contribution in [0, 0.1) is 0 Å². The van der Waals surface area contributed by atoms with Crippen molar-refractivity contribution >= 4 is 22.8 Å². The van der Waals surface area contributed by atoms with Crippen LogP contribution in [0.25, 0.3) is 11.0 Å². The van der Waals surface area contributed by atoms with Crippen molar-refractivity contribution in [3.05, 3.63) is 48.9 Å². The summed E-state index contributed by atoms with van der Waals surface area (Å²) in [5.74, 6) is 1.15. The summed E-state index contributed by atoms with van der Waals surface area (Å²) in [6.45, 7) is 0. The van der Waals surface area contributed by atoms with Gasteiger partial charge in [-0.25, -0.2) is 15.0 Å². The van der Waals surface area contributed by atoms with E-state index in [1.807, 2.05) is 24.3 Å². The number of anilines is 2. The minimum absolute atomic E-state index is 0.511. The first-order valence-electron chi connectivity index (χ1n) is 5.18. The van der Waals surface area contributed by atoms with Crippen molar-refractivity contribution in [1.82, 2.24) is 19.9 Å². The van der Waals surface area contributed by atoms with Gasteiger partial charge in [0.2, 0.25) is 5.95 Å². The summed E-state index contributed by atoms with van der Waals surface area (Å²) in [6.07, 6.45) is 5.01. The minimum atomic E-state index is 0.511. The van der Waals surface area contributed by atoms with Gasteiger partial charge < -0.3 is 5.32 Å². The summed E-state index contributed by atoms with van der Waals surface area (Å²) >= 11 is 0. The fraction of sp³-hybridized carbons (Fsp3) is 0. The fourth-order valence-corrected chi connectivity index (χ4v) is 1.50. The summed E-state index contributed by atoms with van der Waals surface area (Å²) in [5, 5.41) is 3.00. The Morgan fingerprint density at radius 1 is 0.824 bits per heavy atom. The van der Waals surface area contributed by atoms with Crippen molar-refractivity contribution in [2.24, 2.45) is 0 Å². The van der Waals surface area contributed by atoms with Gasteiger partial charge in [-0.05, 0) is 18.2 Å². The number of hydrogen-bond acceptors (Lipinski definition) is 5. The maximum absolute atomic E-state index is 4.42. The molecule has 3 rings (SSSR count). The van der Waals surface area contributed by atoms with Crippen LogP contribution in [-0.2, 0) is 0 Å². The number of aromatic nitrogens is 4. The topological polar surface area (TPSA) is 63.6 Å². The summed E-state index contributed by atoms with van der Waals surface area (Å²) in [5.41, 5.74) is 1.71. The monoisotopic (exact) mass is 223 g/mol. The number of rotatable bonds is 2. The van der Waals surface area contributed by atoms with Crippen molar-refractivity contribution in [2.75, 3.05) is 5.32 Å². The highest BCUT2D eigenvalue weighted by Gasteiger charge is 2.00. The third-order valence-corrected chi connectivity index (χ3v) is 2.25. The second kappa shape index (κ2) is 4.13. The van der Waals surface area contributed by atoms with Crippen LogP contribution in [0.3, 0.4) is 0 Å². The third-order valence-electron chi connectivity index (χ3n) is 2.25. The van der Waals surface area contributed by atoms with Crippen molar-refractivity contribution < 1.29 is 0 Å². The van der Waals surface area contributed by atoms with E-state index in [0.717, 1.165) is 11.0 Å². The number of nitrogens with zero attached hydrogens (tertiary/aromatic N) is 4. The number of para-hydroxylation sites is 2. The Morgan fingerprint density at radius 3 is 2.41 bits per heavy atom. The zero-order chi connectivity index (χ0) is 11.5. The van der Waals surface area contributed by atoms with Gasteiger partial charge in [-0.3, -0.25) is 4.98 Å².